The van der Waals surface area contributed by atoms with Crippen LogP contribution in [0.25, 0.3) is 0 Å². The highest BCUT2D eigenvalue weighted by Crippen LogP contribution is 2.37. The van der Waals surface area contributed by atoms with E-state index in [9.17, 15) is 0 Å². The van der Waals surface area contributed by atoms with Gasteiger partial charge in [0.15, 0.2) is 0 Å². The van der Waals surface area contributed by atoms with Crippen LogP contribution in [0, 0.1) is 13.8 Å². The summed E-state index contributed by atoms with van der Waals surface area (Å²) in [7, 11) is 0. The standard InChI is InChI=1S/C12H16O/c1-8-9(2)13-10-6-5-7-12(3,4)11(8)10/h5,7H,6H2,1-4H3. The monoisotopic (exact) mass is 176 g/mol. The Balaban J connectivity index is 2.66. The maximum atomic E-state index is 5.72. The molecule has 0 amide bonds. The van der Waals surface area contributed by atoms with Crippen LogP contribution < -0.4 is 0 Å². The minimum Gasteiger partial charge on any atom is -0.465 e. The summed E-state index contributed by atoms with van der Waals surface area (Å²) in [5.41, 5.74) is 2.87. The van der Waals surface area contributed by atoms with E-state index in [0.717, 1.165) is 17.9 Å². The van der Waals surface area contributed by atoms with Crippen molar-refractivity contribution in [2.24, 2.45) is 0 Å². The van der Waals surface area contributed by atoms with Gasteiger partial charge in [0.2, 0.25) is 0 Å². The first-order chi connectivity index (χ1) is 6.02. The molecular weight excluding hydrogens is 160 g/mol. The predicted molar refractivity (Wildman–Crippen MR) is 54.1 cm³/mol. The van der Waals surface area contributed by atoms with Gasteiger partial charge in [-0.2, -0.15) is 0 Å². The molecule has 70 valence electrons. The molecule has 0 saturated heterocycles. The lowest BCUT2D eigenvalue weighted by Gasteiger charge is -2.24. The van der Waals surface area contributed by atoms with E-state index in [4.69, 9.17) is 4.42 Å². The smallest absolute Gasteiger partial charge is 0.112 e. The largest absolute Gasteiger partial charge is 0.465 e. The Bertz CT molecular complexity index is 367. The van der Waals surface area contributed by atoms with Gasteiger partial charge in [-0.15, -0.1) is 0 Å². The summed E-state index contributed by atoms with van der Waals surface area (Å²) >= 11 is 0. The van der Waals surface area contributed by atoms with Crippen molar-refractivity contribution in [3.63, 3.8) is 0 Å². The van der Waals surface area contributed by atoms with Gasteiger partial charge in [-0.25, -0.2) is 0 Å². The van der Waals surface area contributed by atoms with Crippen molar-refractivity contribution < 1.29 is 4.42 Å². The van der Waals surface area contributed by atoms with Gasteiger partial charge in [0.25, 0.3) is 0 Å². The molecule has 1 heteroatoms. The summed E-state index contributed by atoms with van der Waals surface area (Å²) in [4.78, 5) is 0. The fourth-order valence-corrected chi connectivity index (χ4v) is 2.23. The van der Waals surface area contributed by atoms with E-state index < -0.39 is 0 Å². The molecule has 0 fully saturated rings. The van der Waals surface area contributed by atoms with E-state index in [-0.39, 0.29) is 5.41 Å². The summed E-state index contributed by atoms with van der Waals surface area (Å²) in [5, 5.41) is 0. The Kier molecular flexibility index (Phi) is 1.66. The number of hydrogen-bond donors (Lipinski definition) is 0. The molecule has 1 aliphatic carbocycles. The topological polar surface area (TPSA) is 13.1 Å². The Morgan fingerprint density at radius 1 is 1.31 bits per heavy atom. The summed E-state index contributed by atoms with van der Waals surface area (Å²) in [5.74, 6) is 2.23. The predicted octanol–water partition coefficient (Wildman–Crippen LogP) is 3.29. The fourth-order valence-electron chi connectivity index (χ4n) is 2.23. The maximum Gasteiger partial charge on any atom is 0.112 e. The molecule has 2 rings (SSSR count). The second-order valence-electron chi connectivity index (χ2n) is 4.41. The highest BCUT2D eigenvalue weighted by molar-refractivity contribution is 5.44. The zero-order chi connectivity index (χ0) is 9.64. The van der Waals surface area contributed by atoms with Crippen LogP contribution in [0.1, 0.15) is 36.5 Å². The third-order valence-electron chi connectivity index (χ3n) is 2.94. The number of fused-ring (bicyclic) bond motifs is 1. The first-order valence-corrected chi connectivity index (χ1v) is 4.79. The van der Waals surface area contributed by atoms with Gasteiger partial charge in [0.05, 0.1) is 0 Å². The third kappa shape index (κ3) is 1.14. The molecule has 0 unspecified atom stereocenters. The summed E-state index contributed by atoms with van der Waals surface area (Å²) in [6.45, 7) is 8.68. The lowest BCUT2D eigenvalue weighted by Crippen LogP contribution is -2.18. The normalized spacial score (nSPS) is 18.8. The average Bonchev–Trinajstić information content (AvgIpc) is 2.28. The summed E-state index contributed by atoms with van der Waals surface area (Å²) in [6.07, 6.45) is 5.43. The molecule has 1 nitrogen and oxygen atoms in total. The van der Waals surface area contributed by atoms with Crippen molar-refractivity contribution in [1.29, 1.82) is 0 Å². The van der Waals surface area contributed by atoms with Crippen molar-refractivity contribution in [2.45, 2.75) is 39.5 Å². The Labute approximate surface area is 79.4 Å². The molecule has 0 atom stereocenters. The lowest BCUT2D eigenvalue weighted by atomic mass is 9.78. The van der Waals surface area contributed by atoms with Gasteiger partial charge < -0.3 is 4.42 Å². The van der Waals surface area contributed by atoms with Gasteiger partial charge in [0, 0.05) is 17.4 Å². The zero-order valence-electron chi connectivity index (χ0n) is 8.77. The van der Waals surface area contributed by atoms with Crippen LogP contribution in [-0.4, -0.2) is 0 Å². The molecule has 0 radical (unpaired) electrons. The molecular formula is C12H16O. The Hall–Kier alpha value is -0.980. The highest BCUT2D eigenvalue weighted by Gasteiger charge is 2.29. The van der Waals surface area contributed by atoms with Gasteiger partial charge in [0.1, 0.15) is 11.5 Å². The molecule has 0 saturated carbocycles. The molecule has 1 aliphatic rings. The first kappa shape index (κ1) is 8.61. The van der Waals surface area contributed by atoms with Crippen LogP contribution >= 0.6 is 0 Å². The van der Waals surface area contributed by atoms with Crippen LogP contribution in [0.3, 0.4) is 0 Å². The van der Waals surface area contributed by atoms with Gasteiger partial charge in [-0.05, 0) is 19.4 Å². The van der Waals surface area contributed by atoms with Crippen molar-refractivity contribution in [2.75, 3.05) is 0 Å². The number of furan rings is 1. The Morgan fingerprint density at radius 3 is 2.62 bits per heavy atom. The molecule has 1 heterocycles. The molecule has 1 aromatic rings. The second kappa shape index (κ2) is 2.50. The van der Waals surface area contributed by atoms with Crippen molar-refractivity contribution in [1.82, 2.24) is 0 Å². The molecule has 1 aromatic heterocycles. The number of aryl methyl sites for hydroxylation is 1. The van der Waals surface area contributed by atoms with Crippen LogP contribution in [-0.2, 0) is 11.8 Å². The first-order valence-electron chi connectivity index (χ1n) is 4.79. The second-order valence-corrected chi connectivity index (χ2v) is 4.41. The van der Waals surface area contributed by atoms with E-state index in [1.165, 1.54) is 11.1 Å². The van der Waals surface area contributed by atoms with Crippen LogP contribution in [0.5, 0.6) is 0 Å². The quantitative estimate of drug-likeness (QED) is 0.553. The molecule has 0 bridgehead atoms. The van der Waals surface area contributed by atoms with E-state index in [1.807, 2.05) is 6.92 Å². The number of rotatable bonds is 0. The maximum absolute atomic E-state index is 5.72. The van der Waals surface area contributed by atoms with E-state index in [1.54, 1.807) is 0 Å². The minimum absolute atomic E-state index is 0.148. The van der Waals surface area contributed by atoms with E-state index >= 15 is 0 Å². The number of allylic oxidation sites excluding steroid dienone is 2. The van der Waals surface area contributed by atoms with Crippen molar-refractivity contribution in [3.8, 4) is 0 Å². The SMILES string of the molecule is Cc1oc2c(c1C)C(C)(C)C=CC2. The molecule has 0 aliphatic heterocycles. The van der Waals surface area contributed by atoms with Crippen LogP contribution in [0.15, 0.2) is 16.6 Å². The Morgan fingerprint density at radius 2 is 2.00 bits per heavy atom. The molecule has 0 spiro atoms. The zero-order valence-corrected chi connectivity index (χ0v) is 8.77. The van der Waals surface area contributed by atoms with Crippen LogP contribution in [0.4, 0.5) is 0 Å². The van der Waals surface area contributed by atoms with Gasteiger partial charge >= 0.3 is 0 Å². The summed E-state index contributed by atoms with van der Waals surface area (Å²) < 4.78 is 5.72. The molecule has 0 N–H and O–H groups in total. The fraction of sp³-hybridized carbons (Fsp3) is 0.500. The van der Waals surface area contributed by atoms with Crippen molar-refractivity contribution in [3.05, 3.63) is 34.8 Å². The average molecular weight is 176 g/mol. The van der Waals surface area contributed by atoms with E-state index in [0.29, 0.717) is 0 Å². The third-order valence-corrected chi connectivity index (χ3v) is 2.94. The summed E-state index contributed by atoms with van der Waals surface area (Å²) in [6, 6.07) is 0. The van der Waals surface area contributed by atoms with Gasteiger partial charge in [-0.3, -0.25) is 0 Å². The van der Waals surface area contributed by atoms with E-state index in [2.05, 4.69) is 32.9 Å². The lowest BCUT2D eigenvalue weighted by molar-refractivity contribution is 0.476. The number of hydrogen-bond acceptors (Lipinski definition) is 1. The van der Waals surface area contributed by atoms with Crippen molar-refractivity contribution >= 4 is 0 Å². The highest BCUT2D eigenvalue weighted by atomic mass is 16.3. The van der Waals surface area contributed by atoms with Gasteiger partial charge in [-0.1, -0.05) is 26.0 Å². The molecule has 13 heavy (non-hydrogen) atoms. The molecule has 0 aromatic carbocycles. The van der Waals surface area contributed by atoms with Crippen LogP contribution in [0.2, 0.25) is 0 Å². The minimum atomic E-state index is 0.148.